The summed E-state index contributed by atoms with van der Waals surface area (Å²) in [6.07, 6.45) is 16.2. The Morgan fingerprint density at radius 2 is 1.24 bits per heavy atom. The van der Waals surface area contributed by atoms with E-state index in [9.17, 15) is 4.79 Å². The fourth-order valence-electron chi connectivity index (χ4n) is 2.58. The number of amides is 1. The zero-order valence-electron chi connectivity index (χ0n) is 15.1. The second kappa shape index (κ2) is 13.2. The monoisotopic (exact) mass is 297 g/mol. The number of hydrogen-bond acceptors (Lipinski definition) is 1. The Bertz CT molecular complexity index is 248. The summed E-state index contributed by atoms with van der Waals surface area (Å²) in [7, 11) is 0. The van der Waals surface area contributed by atoms with Crippen molar-refractivity contribution in [3.8, 4) is 0 Å². The van der Waals surface area contributed by atoms with Crippen molar-refractivity contribution in [2.45, 2.75) is 105 Å². The molecule has 0 spiro atoms. The van der Waals surface area contributed by atoms with Gasteiger partial charge in [-0.2, -0.15) is 0 Å². The molecule has 1 amide bonds. The van der Waals surface area contributed by atoms with E-state index in [2.05, 4.69) is 26.1 Å². The Balaban J connectivity index is 3.11. The minimum absolute atomic E-state index is 0.0947. The fraction of sp³-hybridized carbons (Fsp3) is 0.947. The Morgan fingerprint density at radius 3 is 1.67 bits per heavy atom. The topological polar surface area (TPSA) is 29.1 Å². The van der Waals surface area contributed by atoms with Crippen LogP contribution in [0.25, 0.3) is 0 Å². The zero-order chi connectivity index (χ0) is 16.0. The van der Waals surface area contributed by atoms with Crippen molar-refractivity contribution in [2.75, 3.05) is 6.54 Å². The van der Waals surface area contributed by atoms with Crippen molar-refractivity contribution < 1.29 is 4.79 Å². The van der Waals surface area contributed by atoms with E-state index in [1.54, 1.807) is 6.92 Å². The van der Waals surface area contributed by atoms with E-state index in [1.165, 1.54) is 70.6 Å². The fourth-order valence-corrected chi connectivity index (χ4v) is 2.58. The Morgan fingerprint density at radius 1 is 0.810 bits per heavy atom. The first-order valence-electron chi connectivity index (χ1n) is 9.22. The van der Waals surface area contributed by atoms with Gasteiger partial charge in [-0.15, -0.1) is 0 Å². The van der Waals surface area contributed by atoms with E-state index < -0.39 is 0 Å². The third-order valence-corrected chi connectivity index (χ3v) is 4.61. The molecule has 0 aromatic rings. The maximum Gasteiger partial charge on any atom is 0.216 e. The molecule has 0 radical (unpaired) electrons. The van der Waals surface area contributed by atoms with Gasteiger partial charge in [0.15, 0.2) is 0 Å². The molecule has 0 aliphatic heterocycles. The molecule has 0 fully saturated rings. The summed E-state index contributed by atoms with van der Waals surface area (Å²) < 4.78 is 0. The maximum atomic E-state index is 10.7. The molecule has 2 heteroatoms. The third-order valence-electron chi connectivity index (χ3n) is 4.61. The lowest BCUT2D eigenvalue weighted by Gasteiger charge is -2.22. The van der Waals surface area contributed by atoms with Gasteiger partial charge in [0.1, 0.15) is 0 Å². The van der Waals surface area contributed by atoms with E-state index >= 15 is 0 Å². The van der Waals surface area contributed by atoms with Crippen LogP contribution in [0.4, 0.5) is 0 Å². The number of unbranched alkanes of at least 4 members (excludes halogenated alkanes) is 9. The predicted molar refractivity (Wildman–Crippen MR) is 93.5 cm³/mol. The molecular weight excluding hydrogens is 258 g/mol. The van der Waals surface area contributed by atoms with Gasteiger partial charge in [0.05, 0.1) is 0 Å². The van der Waals surface area contributed by atoms with Gasteiger partial charge in [0.25, 0.3) is 0 Å². The van der Waals surface area contributed by atoms with Crippen LogP contribution in [0.3, 0.4) is 0 Å². The number of rotatable bonds is 14. The van der Waals surface area contributed by atoms with Crippen molar-refractivity contribution in [3.05, 3.63) is 0 Å². The number of nitrogens with one attached hydrogen (secondary N) is 1. The van der Waals surface area contributed by atoms with Gasteiger partial charge in [-0.3, -0.25) is 4.79 Å². The molecule has 0 saturated carbocycles. The first-order valence-corrected chi connectivity index (χ1v) is 9.22. The van der Waals surface area contributed by atoms with E-state index in [0.717, 1.165) is 13.0 Å². The predicted octanol–water partition coefficient (Wildman–Crippen LogP) is 5.85. The highest BCUT2D eigenvalue weighted by Gasteiger charge is 2.13. The lowest BCUT2D eigenvalue weighted by Crippen LogP contribution is -2.20. The molecule has 0 heterocycles. The van der Waals surface area contributed by atoms with Crippen molar-refractivity contribution in [1.82, 2.24) is 5.32 Å². The number of carbonyl (C=O) groups is 1. The first kappa shape index (κ1) is 20.5. The molecule has 21 heavy (non-hydrogen) atoms. The van der Waals surface area contributed by atoms with Gasteiger partial charge < -0.3 is 5.32 Å². The largest absolute Gasteiger partial charge is 0.356 e. The summed E-state index contributed by atoms with van der Waals surface area (Å²) in [5.41, 5.74) is 0.553. The maximum absolute atomic E-state index is 10.7. The van der Waals surface area contributed by atoms with Crippen LogP contribution in [0.1, 0.15) is 105 Å². The Labute approximate surface area is 133 Å². The summed E-state index contributed by atoms with van der Waals surface area (Å²) in [6, 6.07) is 0. The van der Waals surface area contributed by atoms with Crippen LogP contribution in [0.15, 0.2) is 0 Å². The van der Waals surface area contributed by atoms with Crippen LogP contribution in [-0.2, 0) is 4.79 Å². The van der Waals surface area contributed by atoms with Crippen LogP contribution in [-0.4, -0.2) is 12.5 Å². The van der Waals surface area contributed by atoms with Crippen molar-refractivity contribution in [2.24, 2.45) is 5.41 Å². The molecule has 0 aromatic heterocycles. The summed E-state index contributed by atoms with van der Waals surface area (Å²) in [5, 5.41) is 2.85. The first-order chi connectivity index (χ1) is 9.98. The van der Waals surface area contributed by atoms with E-state index in [1.807, 2.05) is 0 Å². The summed E-state index contributed by atoms with van der Waals surface area (Å²) in [5.74, 6) is 0.0947. The average molecular weight is 298 g/mol. The second-order valence-corrected chi connectivity index (χ2v) is 7.29. The zero-order valence-corrected chi connectivity index (χ0v) is 15.1. The molecule has 0 atom stereocenters. The van der Waals surface area contributed by atoms with Gasteiger partial charge in [-0.25, -0.2) is 0 Å². The Hall–Kier alpha value is -0.530. The van der Waals surface area contributed by atoms with Crippen LogP contribution in [0.2, 0.25) is 0 Å². The quantitative estimate of drug-likeness (QED) is 0.400. The Kier molecular flexibility index (Phi) is 12.8. The van der Waals surface area contributed by atoms with Crippen LogP contribution < -0.4 is 5.32 Å². The van der Waals surface area contributed by atoms with E-state index in [0.29, 0.717) is 5.41 Å². The van der Waals surface area contributed by atoms with Crippen molar-refractivity contribution >= 4 is 5.91 Å². The van der Waals surface area contributed by atoms with Crippen LogP contribution in [0, 0.1) is 5.41 Å². The molecule has 0 aliphatic carbocycles. The molecule has 0 aliphatic rings. The molecule has 0 unspecified atom stereocenters. The van der Waals surface area contributed by atoms with E-state index in [4.69, 9.17) is 0 Å². The van der Waals surface area contributed by atoms with Crippen LogP contribution in [0.5, 0.6) is 0 Å². The van der Waals surface area contributed by atoms with Gasteiger partial charge >= 0.3 is 0 Å². The minimum atomic E-state index is 0.0947. The third kappa shape index (κ3) is 15.7. The molecular formula is C19H39NO. The minimum Gasteiger partial charge on any atom is -0.356 e. The summed E-state index contributed by atoms with van der Waals surface area (Å²) in [6.45, 7) is 9.51. The number of carbonyl (C=O) groups excluding carboxylic acids is 1. The van der Waals surface area contributed by atoms with Gasteiger partial charge in [-0.1, -0.05) is 85.0 Å². The molecule has 0 rings (SSSR count). The molecule has 0 bridgehead atoms. The van der Waals surface area contributed by atoms with E-state index in [-0.39, 0.29) is 5.91 Å². The van der Waals surface area contributed by atoms with Crippen molar-refractivity contribution in [1.29, 1.82) is 0 Å². The average Bonchev–Trinajstić information content (AvgIpc) is 2.43. The standard InChI is InChI=1S/C19H39NO/c1-5-19(3,4)16-14-12-10-8-6-7-9-11-13-15-17-20-18(2)21/h5-17H2,1-4H3,(H,20,21). The highest BCUT2D eigenvalue weighted by molar-refractivity contribution is 5.72. The van der Waals surface area contributed by atoms with Gasteiger partial charge in [0.2, 0.25) is 5.91 Å². The molecule has 126 valence electrons. The summed E-state index contributed by atoms with van der Waals surface area (Å²) >= 11 is 0. The molecule has 2 nitrogen and oxygen atoms in total. The number of hydrogen-bond donors (Lipinski definition) is 1. The highest BCUT2D eigenvalue weighted by Crippen LogP contribution is 2.27. The molecule has 0 saturated heterocycles. The van der Waals surface area contributed by atoms with Gasteiger partial charge in [0, 0.05) is 13.5 Å². The highest BCUT2D eigenvalue weighted by atomic mass is 16.1. The van der Waals surface area contributed by atoms with Gasteiger partial charge in [-0.05, 0) is 18.3 Å². The lowest BCUT2D eigenvalue weighted by molar-refractivity contribution is -0.118. The van der Waals surface area contributed by atoms with Crippen molar-refractivity contribution in [3.63, 3.8) is 0 Å². The SMILES string of the molecule is CCC(C)(C)CCCCCCCCCCCCNC(C)=O. The van der Waals surface area contributed by atoms with Crippen LogP contribution >= 0.6 is 0 Å². The molecule has 0 aromatic carbocycles. The lowest BCUT2D eigenvalue weighted by atomic mass is 9.84. The summed E-state index contributed by atoms with van der Waals surface area (Å²) in [4.78, 5) is 10.7. The molecule has 1 N–H and O–H groups in total. The second-order valence-electron chi connectivity index (χ2n) is 7.29. The normalized spacial score (nSPS) is 11.6. The smallest absolute Gasteiger partial charge is 0.216 e.